The molecule has 0 radical (unpaired) electrons. The quantitative estimate of drug-likeness (QED) is 0.618. The maximum absolute atomic E-state index is 10.2. The first-order valence-corrected chi connectivity index (χ1v) is 6.21. The minimum atomic E-state index is -0.535. The van der Waals surface area contributed by atoms with Gasteiger partial charge in [0.25, 0.3) is 0 Å². The number of nitrogens with zero attached hydrogens (tertiary/aromatic N) is 1. The summed E-state index contributed by atoms with van der Waals surface area (Å²) in [7, 11) is 2.04. The highest BCUT2D eigenvalue weighted by Crippen LogP contribution is 2.14. The van der Waals surface area contributed by atoms with Crippen molar-refractivity contribution in [3.63, 3.8) is 0 Å². The van der Waals surface area contributed by atoms with E-state index in [1.165, 1.54) is 0 Å². The molecule has 0 aliphatic carbocycles. The van der Waals surface area contributed by atoms with E-state index in [0.717, 1.165) is 39.3 Å². The molecular formula is C12H26N2O2. The van der Waals surface area contributed by atoms with Gasteiger partial charge in [0.15, 0.2) is 0 Å². The fourth-order valence-electron chi connectivity index (χ4n) is 1.99. The summed E-state index contributed by atoms with van der Waals surface area (Å²) in [5.41, 5.74) is -0.535. The molecule has 1 atom stereocenters. The highest BCUT2D eigenvalue weighted by Gasteiger charge is 2.31. The molecule has 16 heavy (non-hydrogen) atoms. The third kappa shape index (κ3) is 5.25. The summed E-state index contributed by atoms with van der Waals surface area (Å²) in [6.45, 7) is 9.11. The van der Waals surface area contributed by atoms with E-state index in [2.05, 4.69) is 24.1 Å². The Hall–Kier alpha value is -0.160. The lowest BCUT2D eigenvalue weighted by molar-refractivity contribution is 0.0169. The van der Waals surface area contributed by atoms with Crippen molar-refractivity contribution < 1.29 is 9.84 Å². The molecule has 2 N–H and O–H groups in total. The monoisotopic (exact) mass is 230 g/mol. The fourth-order valence-corrected chi connectivity index (χ4v) is 1.99. The van der Waals surface area contributed by atoms with Crippen molar-refractivity contribution in [1.29, 1.82) is 0 Å². The third-order valence-electron chi connectivity index (χ3n) is 2.85. The van der Waals surface area contributed by atoms with Gasteiger partial charge < -0.3 is 20.1 Å². The zero-order valence-corrected chi connectivity index (χ0v) is 10.8. The average Bonchev–Trinajstić information content (AvgIpc) is 2.59. The van der Waals surface area contributed by atoms with E-state index in [1.54, 1.807) is 0 Å². The Labute approximate surface area is 99.0 Å². The van der Waals surface area contributed by atoms with Crippen LogP contribution in [0.1, 0.15) is 20.3 Å². The van der Waals surface area contributed by atoms with Gasteiger partial charge in [0.2, 0.25) is 0 Å². The van der Waals surface area contributed by atoms with Gasteiger partial charge in [0.1, 0.15) is 0 Å². The van der Waals surface area contributed by atoms with Crippen LogP contribution in [0.2, 0.25) is 0 Å². The lowest BCUT2D eigenvalue weighted by Gasteiger charge is -2.27. The molecule has 4 nitrogen and oxygen atoms in total. The summed E-state index contributed by atoms with van der Waals surface area (Å²) in [6, 6.07) is 0. The molecule has 1 rings (SSSR count). The second-order valence-electron chi connectivity index (χ2n) is 5.36. The Morgan fingerprint density at radius 1 is 1.50 bits per heavy atom. The van der Waals surface area contributed by atoms with Gasteiger partial charge in [-0.25, -0.2) is 0 Å². The van der Waals surface area contributed by atoms with Gasteiger partial charge in [-0.15, -0.1) is 0 Å². The lowest BCUT2D eigenvalue weighted by atomic mass is 10.0. The molecule has 1 aliphatic rings. The fraction of sp³-hybridized carbons (Fsp3) is 1.00. The van der Waals surface area contributed by atoms with Crippen LogP contribution >= 0.6 is 0 Å². The van der Waals surface area contributed by atoms with Crippen molar-refractivity contribution in [3.8, 4) is 0 Å². The Kier molecular flexibility index (Phi) is 5.69. The van der Waals surface area contributed by atoms with E-state index in [9.17, 15) is 5.11 Å². The van der Waals surface area contributed by atoms with Gasteiger partial charge >= 0.3 is 0 Å². The summed E-state index contributed by atoms with van der Waals surface area (Å²) in [4.78, 5) is 2.15. The number of likely N-dealkylation sites (N-methyl/N-ethyl adjacent to an activating group) is 1. The van der Waals surface area contributed by atoms with Crippen LogP contribution in [0.3, 0.4) is 0 Å². The van der Waals surface area contributed by atoms with E-state index in [4.69, 9.17) is 4.74 Å². The molecule has 0 bridgehead atoms. The average molecular weight is 230 g/mol. The van der Waals surface area contributed by atoms with Crippen LogP contribution in [0.25, 0.3) is 0 Å². The Balaban J connectivity index is 2.08. The van der Waals surface area contributed by atoms with Crippen molar-refractivity contribution >= 4 is 0 Å². The zero-order chi connectivity index (χ0) is 12.0. The smallest absolute Gasteiger partial charge is 0.0909 e. The predicted molar refractivity (Wildman–Crippen MR) is 65.6 cm³/mol. The first-order chi connectivity index (χ1) is 7.52. The molecule has 0 aromatic rings. The maximum Gasteiger partial charge on any atom is 0.0909 e. The standard InChI is InChI=1S/C12H26N2O2/c1-11(2)8-16-7-6-14(3)10-12(15)4-5-13-9-12/h11,13,15H,4-10H2,1-3H3. The molecule has 1 heterocycles. The van der Waals surface area contributed by atoms with Gasteiger partial charge in [-0.3, -0.25) is 0 Å². The Bertz CT molecular complexity index is 191. The lowest BCUT2D eigenvalue weighted by Crippen LogP contribution is -2.44. The normalized spacial score (nSPS) is 25.9. The van der Waals surface area contributed by atoms with Gasteiger partial charge in [-0.2, -0.15) is 0 Å². The molecule has 0 saturated carbocycles. The first-order valence-electron chi connectivity index (χ1n) is 6.21. The van der Waals surface area contributed by atoms with Gasteiger partial charge in [0, 0.05) is 26.2 Å². The largest absolute Gasteiger partial charge is 0.387 e. The van der Waals surface area contributed by atoms with Crippen LogP contribution < -0.4 is 5.32 Å². The predicted octanol–water partition coefficient (Wildman–Crippen LogP) is 0.315. The van der Waals surface area contributed by atoms with Gasteiger partial charge in [-0.05, 0) is 25.9 Å². The summed E-state index contributed by atoms with van der Waals surface area (Å²) < 4.78 is 5.52. The SMILES string of the molecule is CC(C)COCCN(C)CC1(O)CCNC1. The summed E-state index contributed by atoms with van der Waals surface area (Å²) >= 11 is 0. The van der Waals surface area contributed by atoms with Crippen molar-refractivity contribution in [2.24, 2.45) is 5.92 Å². The number of nitrogens with one attached hydrogen (secondary N) is 1. The number of aliphatic hydroxyl groups is 1. The molecule has 0 amide bonds. The van der Waals surface area contributed by atoms with Crippen molar-refractivity contribution in [2.45, 2.75) is 25.9 Å². The Morgan fingerprint density at radius 2 is 2.25 bits per heavy atom. The van der Waals surface area contributed by atoms with Crippen LogP contribution in [0.5, 0.6) is 0 Å². The molecule has 0 aromatic heterocycles. The van der Waals surface area contributed by atoms with Crippen LogP contribution in [-0.2, 0) is 4.74 Å². The van der Waals surface area contributed by atoms with E-state index < -0.39 is 5.60 Å². The van der Waals surface area contributed by atoms with E-state index >= 15 is 0 Å². The first kappa shape index (κ1) is 13.9. The van der Waals surface area contributed by atoms with Crippen LogP contribution in [0, 0.1) is 5.92 Å². The van der Waals surface area contributed by atoms with E-state index in [1.807, 2.05) is 7.05 Å². The minimum absolute atomic E-state index is 0.535. The topological polar surface area (TPSA) is 44.7 Å². The number of hydrogen-bond donors (Lipinski definition) is 2. The molecule has 0 spiro atoms. The zero-order valence-electron chi connectivity index (χ0n) is 10.8. The number of ether oxygens (including phenoxy) is 1. The Morgan fingerprint density at radius 3 is 2.81 bits per heavy atom. The van der Waals surface area contributed by atoms with Crippen molar-refractivity contribution in [2.75, 3.05) is 46.4 Å². The molecule has 1 unspecified atom stereocenters. The third-order valence-corrected chi connectivity index (χ3v) is 2.85. The number of rotatable bonds is 7. The summed E-state index contributed by atoms with van der Waals surface area (Å²) in [5, 5.41) is 13.4. The van der Waals surface area contributed by atoms with Crippen LogP contribution in [0.4, 0.5) is 0 Å². The molecular weight excluding hydrogens is 204 g/mol. The summed E-state index contributed by atoms with van der Waals surface area (Å²) in [5.74, 6) is 0.591. The maximum atomic E-state index is 10.2. The molecule has 1 fully saturated rings. The van der Waals surface area contributed by atoms with Crippen LogP contribution in [-0.4, -0.2) is 62.0 Å². The number of hydrogen-bond acceptors (Lipinski definition) is 4. The van der Waals surface area contributed by atoms with Gasteiger partial charge in [-0.1, -0.05) is 13.8 Å². The van der Waals surface area contributed by atoms with Crippen LogP contribution in [0.15, 0.2) is 0 Å². The van der Waals surface area contributed by atoms with Crippen molar-refractivity contribution in [3.05, 3.63) is 0 Å². The molecule has 1 saturated heterocycles. The van der Waals surface area contributed by atoms with Gasteiger partial charge in [0.05, 0.1) is 12.2 Å². The molecule has 96 valence electrons. The second kappa shape index (κ2) is 6.55. The molecule has 4 heteroatoms. The molecule has 0 aromatic carbocycles. The minimum Gasteiger partial charge on any atom is -0.387 e. The van der Waals surface area contributed by atoms with E-state index in [-0.39, 0.29) is 0 Å². The highest BCUT2D eigenvalue weighted by molar-refractivity contribution is 4.89. The highest BCUT2D eigenvalue weighted by atomic mass is 16.5. The van der Waals surface area contributed by atoms with E-state index in [0.29, 0.717) is 12.5 Å². The molecule has 1 aliphatic heterocycles. The van der Waals surface area contributed by atoms with Crippen molar-refractivity contribution in [1.82, 2.24) is 10.2 Å². The number of β-amino-alcohol motifs (C(OH)–C–C–N with tert-alkyl or cyclic N) is 1. The second-order valence-corrected chi connectivity index (χ2v) is 5.36. The summed E-state index contributed by atoms with van der Waals surface area (Å²) in [6.07, 6.45) is 0.851.